The number of amides is 1. The van der Waals surface area contributed by atoms with Gasteiger partial charge in [0.2, 0.25) is 0 Å². The minimum atomic E-state index is 0.165. The molecule has 116 valence electrons. The average Bonchev–Trinajstić information content (AvgIpc) is 3.10. The molecule has 0 bridgehead atoms. The highest BCUT2D eigenvalue weighted by Crippen LogP contribution is 2.32. The fourth-order valence-electron chi connectivity index (χ4n) is 3.77. The summed E-state index contributed by atoms with van der Waals surface area (Å²) in [6.07, 6.45) is 8.29. The number of rotatable bonds is 1. The molecule has 1 unspecified atom stereocenters. The number of aryl methyl sites for hydroxylation is 2. The van der Waals surface area contributed by atoms with Crippen LogP contribution < -0.4 is 0 Å². The number of fused-ring (bicyclic) bond motifs is 2. The van der Waals surface area contributed by atoms with E-state index >= 15 is 0 Å². The Labute approximate surface area is 135 Å². The molecule has 2 aliphatic rings. The Hall–Kier alpha value is -1.55. The average molecular weight is 314 g/mol. The molecule has 0 fully saturated rings. The lowest BCUT2D eigenvalue weighted by atomic mass is 10.1. The third-order valence-corrected chi connectivity index (χ3v) is 6.29. The van der Waals surface area contributed by atoms with E-state index < -0.39 is 0 Å². The van der Waals surface area contributed by atoms with E-state index in [0.29, 0.717) is 0 Å². The Balaban J connectivity index is 1.60. The Morgan fingerprint density at radius 1 is 1.23 bits per heavy atom. The minimum Gasteiger partial charge on any atom is -0.348 e. The number of aromatic nitrogens is 1. The van der Waals surface area contributed by atoms with Crippen molar-refractivity contribution in [2.75, 3.05) is 6.54 Å². The molecule has 22 heavy (non-hydrogen) atoms. The molecular formula is C18H22N2OS. The van der Waals surface area contributed by atoms with Crippen LogP contribution in [0.2, 0.25) is 0 Å². The Bertz CT molecular complexity index is 676. The highest BCUT2D eigenvalue weighted by molar-refractivity contribution is 7.14. The Morgan fingerprint density at radius 2 is 2.09 bits per heavy atom. The van der Waals surface area contributed by atoms with E-state index in [4.69, 9.17) is 0 Å². The second kappa shape index (κ2) is 5.58. The first-order valence-electron chi connectivity index (χ1n) is 8.31. The van der Waals surface area contributed by atoms with Crippen LogP contribution in [0.3, 0.4) is 0 Å². The topological polar surface area (TPSA) is 25.2 Å². The van der Waals surface area contributed by atoms with E-state index in [1.54, 1.807) is 11.3 Å². The van der Waals surface area contributed by atoms with Gasteiger partial charge in [0, 0.05) is 29.9 Å². The SMILES string of the molecule is CC1c2cccn2CCN1C(=O)c1cc2c(s1)CCCCC2. The van der Waals surface area contributed by atoms with Crippen LogP contribution in [0, 0.1) is 0 Å². The molecule has 2 aromatic rings. The van der Waals surface area contributed by atoms with Gasteiger partial charge in [-0.15, -0.1) is 11.3 Å². The molecule has 1 aliphatic carbocycles. The van der Waals surface area contributed by atoms with Gasteiger partial charge in [-0.1, -0.05) is 6.42 Å². The number of carbonyl (C=O) groups excluding carboxylic acids is 1. The second-order valence-corrected chi connectivity index (χ2v) is 7.56. The molecule has 2 aromatic heterocycles. The zero-order valence-corrected chi connectivity index (χ0v) is 13.9. The predicted octanol–water partition coefficient (Wildman–Crippen LogP) is 4.04. The molecule has 0 saturated heterocycles. The summed E-state index contributed by atoms with van der Waals surface area (Å²) in [5.41, 5.74) is 2.68. The number of nitrogens with zero attached hydrogens (tertiary/aromatic N) is 2. The van der Waals surface area contributed by atoms with Crippen molar-refractivity contribution in [2.45, 2.75) is 51.6 Å². The summed E-state index contributed by atoms with van der Waals surface area (Å²) < 4.78 is 2.26. The summed E-state index contributed by atoms with van der Waals surface area (Å²) in [4.78, 5) is 17.4. The first-order valence-corrected chi connectivity index (χ1v) is 9.13. The molecule has 0 radical (unpaired) electrons. The summed E-state index contributed by atoms with van der Waals surface area (Å²) in [6, 6.07) is 6.55. The lowest BCUT2D eigenvalue weighted by Crippen LogP contribution is -2.40. The number of carbonyl (C=O) groups is 1. The number of hydrogen-bond acceptors (Lipinski definition) is 2. The largest absolute Gasteiger partial charge is 0.348 e. The van der Waals surface area contributed by atoms with E-state index in [-0.39, 0.29) is 11.9 Å². The van der Waals surface area contributed by atoms with Gasteiger partial charge in [-0.05, 0) is 56.4 Å². The van der Waals surface area contributed by atoms with Gasteiger partial charge in [-0.3, -0.25) is 4.79 Å². The van der Waals surface area contributed by atoms with Crippen LogP contribution in [0.5, 0.6) is 0 Å². The van der Waals surface area contributed by atoms with E-state index in [1.807, 2.05) is 4.90 Å². The van der Waals surface area contributed by atoms with Crippen LogP contribution in [-0.4, -0.2) is 21.9 Å². The molecule has 0 aromatic carbocycles. The van der Waals surface area contributed by atoms with Gasteiger partial charge in [0.05, 0.1) is 10.9 Å². The van der Waals surface area contributed by atoms with Gasteiger partial charge in [0.25, 0.3) is 5.91 Å². The zero-order chi connectivity index (χ0) is 15.1. The maximum atomic E-state index is 13.0. The van der Waals surface area contributed by atoms with Crippen molar-refractivity contribution >= 4 is 17.2 Å². The molecule has 4 heteroatoms. The first-order chi connectivity index (χ1) is 10.7. The fourth-order valence-corrected chi connectivity index (χ4v) is 4.98. The number of thiophene rings is 1. The standard InChI is InChI=1S/C18H22N2OS/c1-13-15-7-5-9-19(15)10-11-20(13)18(21)17-12-14-6-3-2-4-8-16(14)22-17/h5,7,9,12-13H,2-4,6,8,10-11H2,1H3. The van der Waals surface area contributed by atoms with Gasteiger partial charge in [0.1, 0.15) is 0 Å². The highest BCUT2D eigenvalue weighted by atomic mass is 32.1. The molecule has 0 saturated carbocycles. The molecule has 0 spiro atoms. The lowest BCUT2D eigenvalue weighted by molar-refractivity contribution is 0.0649. The molecule has 1 aliphatic heterocycles. The summed E-state index contributed by atoms with van der Waals surface area (Å²) in [5.74, 6) is 0.220. The van der Waals surface area contributed by atoms with E-state index in [9.17, 15) is 4.79 Å². The van der Waals surface area contributed by atoms with Gasteiger partial charge >= 0.3 is 0 Å². The van der Waals surface area contributed by atoms with E-state index in [0.717, 1.165) is 30.8 Å². The van der Waals surface area contributed by atoms with Gasteiger partial charge in [-0.25, -0.2) is 0 Å². The van der Waals surface area contributed by atoms with E-state index in [2.05, 4.69) is 35.9 Å². The van der Waals surface area contributed by atoms with Gasteiger partial charge < -0.3 is 9.47 Å². The highest BCUT2D eigenvalue weighted by Gasteiger charge is 2.29. The molecule has 4 rings (SSSR count). The van der Waals surface area contributed by atoms with Crippen molar-refractivity contribution in [1.82, 2.24) is 9.47 Å². The quantitative estimate of drug-likeness (QED) is 0.729. The fraction of sp³-hybridized carbons (Fsp3) is 0.500. The normalized spacial score (nSPS) is 21.1. The molecule has 1 atom stereocenters. The summed E-state index contributed by atoms with van der Waals surface area (Å²) in [7, 11) is 0. The van der Waals surface area contributed by atoms with Crippen molar-refractivity contribution in [3.63, 3.8) is 0 Å². The Kier molecular flexibility index (Phi) is 3.57. The van der Waals surface area contributed by atoms with Crippen molar-refractivity contribution in [3.05, 3.63) is 45.4 Å². The van der Waals surface area contributed by atoms with Crippen molar-refractivity contribution < 1.29 is 4.79 Å². The molecule has 3 nitrogen and oxygen atoms in total. The van der Waals surface area contributed by atoms with Crippen LogP contribution in [0.4, 0.5) is 0 Å². The van der Waals surface area contributed by atoms with Crippen molar-refractivity contribution in [2.24, 2.45) is 0 Å². The zero-order valence-electron chi connectivity index (χ0n) is 13.0. The maximum absolute atomic E-state index is 13.0. The summed E-state index contributed by atoms with van der Waals surface area (Å²) in [6.45, 7) is 3.86. The van der Waals surface area contributed by atoms with Gasteiger partial charge in [-0.2, -0.15) is 0 Å². The molecule has 3 heterocycles. The van der Waals surface area contributed by atoms with Crippen LogP contribution in [-0.2, 0) is 19.4 Å². The van der Waals surface area contributed by atoms with Crippen LogP contribution in [0.25, 0.3) is 0 Å². The van der Waals surface area contributed by atoms with Crippen molar-refractivity contribution in [3.8, 4) is 0 Å². The third kappa shape index (κ3) is 2.30. The van der Waals surface area contributed by atoms with Crippen LogP contribution >= 0.6 is 11.3 Å². The predicted molar refractivity (Wildman–Crippen MR) is 89.5 cm³/mol. The monoisotopic (exact) mass is 314 g/mol. The molecular weight excluding hydrogens is 292 g/mol. The summed E-state index contributed by atoms with van der Waals surface area (Å²) >= 11 is 1.74. The number of hydrogen-bond donors (Lipinski definition) is 0. The lowest BCUT2D eigenvalue weighted by Gasteiger charge is -2.34. The first kappa shape index (κ1) is 14.1. The van der Waals surface area contributed by atoms with Crippen LogP contribution in [0.1, 0.15) is 58.0 Å². The van der Waals surface area contributed by atoms with Gasteiger partial charge in [0.15, 0.2) is 0 Å². The molecule has 0 N–H and O–H groups in total. The van der Waals surface area contributed by atoms with E-state index in [1.165, 1.54) is 35.4 Å². The Morgan fingerprint density at radius 3 is 3.00 bits per heavy atom. The second-order valence-electron chi connectivity index (χ2n) is 6.42. The van der Waals surface area contributed by atoms with Crippen molar-refractivity contribution in [1.29, 1.82) is 0 Å². The van der Waals surface area contributed by atoms with Crippen LogP contribution in [0.15, 0.2) is 24.4 Å². The minimum absolute atomic E-state index is 0.165. The molecule has 1 amide bonds. The maximum Gasteiger partial charge on any atom is 0.264 e. The third-order valence-electron chi connectivity index (χ3n) is 5.06. The smallest absolute Gasteiger partial charge is 0.264 e. The summed E-state index contributed by atoms with van der Waals surface area (Å²) in [5, 5.41) is 0.